The molecule has 0 spiro atoms. The Hall–Kier alpha value is -1.52. The number of halogens is 1. The van der Waals surface area contributed by atoms with E-state index >= 15 is 0 Å². The molecule has 1 aromatic heterocycles. The van der Waals surface area contributed by atoms with Crippen LogP contribution in [0.2, 0.25) is 0 Å². The first-order valence-corrected chi connectivity index (χ1v) is 6.07. The van der Waals surface area contributed by atoms with E-state index in [2.05, 4.69) is 34.6 Å². The highest BCUT2D eigenvalue weighted by Crippen LogP contribution is 2.22. The summed E-state index contributed by atoms with van der Waals surface area (Å²) >= 11 is 0. The molecule has 2 rings (SSSR count). The second-order valence-corrected chi connectivity index (χ2v) is 4.29. The molecule has 2 aromatic rings. The molecule has 1 aromatic carbocycles. The van der Waals surface area contributed by atoms with Crippen molar-refractivity contribution in [2.24, 2.45) is 5.73 Å². The van der Waals surface area contributed by atoms with E-state index in [1.807, 2.05) is 12.1 Å². The number of esters is 1. The van der Waals surface area contributed by atoms with E-state index in [4.69, 9.17) is 5.73 Å². The Bertz CT molecular complexity index is 566. The van der Waals surface area contributed by atoms with Gasteiger partial charge >= 0.3 is 5.97 Å². The van der Waals surface area contributed by atoms with E-state index in [1.54, 1.807) is 0 Å². The van der Waals surface area contributed by atoms with Gasteiger partial charge in [0.05, 0.1) is 7.11 Å². The summed E-state index contributed by atoms with van der Waals surface area (Å²) in [6.45, 7) is 2.99. The number of aromatic nitrogens is 1. The van der Waals surface area contributed by atoms with Gasteiger partial charge in [0.25, 0.3) is 0 Å². The van der Waals surface area contributed by atoms with Crippen molar-refractivity contribution in [3.63, 3.8) is 0 Å². The highest BCUT2D eigenvalue weighted by molar-refractivity contribution is 5.85. The maximum Gasteiger partial charge on any atom is 0.322 e. The number of carbonyl (C=O) groups excluding carboxylic acids is 1. The lowest BCUT2D eigenvalue weighted by atomic mass is 10.1. The van der Waals surface area contributed by atoms with Crippen molar-refractivity contribution in [3.05, 3.63) is 36.0 Å². The van der Waals surface area contributed by atoms with Gasteiger partial charge in [-0.05, 0) is 18.6 Å². The molecule has 0 aliphatic carbocycles. The summed E-state index contributed by atoms with van der Waals surface area (Å²) in [5.74, 6) is -0.372. The van der Waals surface area contributed by atoms with Crippen LogP contribution in [0.25, 0.3) is 10.9 Å². The molecule has 0 unspecified atom stereocenters. The predicted octanol–water partition coefficient (Wildman–Crippen LogP) is 2.13. The summed E-state index contributed by atoms with van der Waals surface area (Å²) in [6.07, 6.45) is 2.56. The number of aryl methyl sites for hydroxylation is 1. The van der Waals surface area contributed by atoms with E-state index in [9.17, 15) is 4.79 Å². The lowest BCUT2D eigenvalue weighted by Gasteiger charge is -2.07. The molecular weight excluding hydrogens is 264 g/mol. The third kappa shape index (κ3) is 3.08. The maximum absolute atomic E-state index is 11.4. The molecule has 0 saturated heterocycles. The largest absolute Gasteiger partial charge is 0.468 e. The number of nitrogens with zero attached hydrogens (tertiary/aromatic N) is 1. The van der Waals surface area contributed by atoms with Gasteiger partial charge in [0.1, 0.15) is 6.04 Å². The van der Waals surface area contributed by atoms with Gasteiger partial charge in [-0.25, -0.2) is 0 Å². The Morgan fingerprint density at radius 3 is 2.74 bits per heavy atom. The summed E-state index contributed by atoms with van der Waals surface area (Å²) in [5.41, 5.74) is 8.08. The molecule has 104 valence electrons. The first kappa shape index (κ1) is 15.5. The molecule has 19 heavy (non-hydrogen) atoms. The minimum atomic E-state index is -0.605. The van der Waals surface area contributed by atoms with Gasteiger partial charge < -0.3 is 15.0 Å². The van der Waals surface area contributed by atoms with Crippen LogP contribution in [0, 0.1) is 0 Å². The lowest BCUT2D eigenvalue weighted by Crippen LogP contribution is -2.33. The Morgan fingerprint density at radius 1 is 1.42 bits per heavy atom. The standard InChI is InChI=1S/C14H18N2O2.ClH/c1-3-16-9-10(8-12(15)14(17)18-2)11-6-4-5-7-13(11)16;/h4-7,9,12H,3,8,15H2,1-2H3;1H/t12-;/m0./s1. The fraction of sp³-hybridized carbons (Fsp3) is 0.357. The summed E-state index contributed by atoms with van der Waals surface area (Å²) in [5, 5.41) is 1.15. The van der Waals surface area contributed by atoms with Crippen LogP contribution >= 0.6 is 12.4 Å². The molecule has 0 aliphatic rings. The van der Waals surface area contributed by atoms with E-state index in [1.165, 1.54) is 12.6 Å². The van der Waals surface area contributed by atoms with Gasteiger partial charge in [0.2, 0.25) is 0 Å². The van der Waals surface area contributed by atoms with E-state index < -0.39 is 6.04 Å². The Balaban J connectivity index is 0.00000180. The van der Waals surface area contributed by atoms with Gasteiger partial charge in [0.15, 0.2) is 0 Å². The van der Waals surface area contributed by atoms with Crippen LogP contribution in [-0.2, 0) is 22.5 Å². The monoisotopic (exact) mass is 282 g/mol. The number of fused-ring (bicyclic) bond motifs is 1. The number of carbonyl (C=O) groups is 1. The summed E-state index contributed by atoms with van der Waals surface area (Å²) in [7, 11) is 1.36. The van der Waals surface area contributed by atoms with E-state index in [0.717, 1.165) is 17.5 Å². The topological polar surface area (TPSA) is 57.2 Å². The van der Waals surface area contributed by atoms with Crippen LogP contribution in [-0.4, -0.2) is 23.7 Å². The number of ether oxygens (including phenoxy) is 1. The molecule has 0 aliphatic heterocycles. The number of hydrogen-bond acceptors (Lipinski definition) is 3. The fourth-order valence-electron chi connectivity index (χ4n) is 2.22. The molecular formula is C14H19ClN2O2. The molecule has 1 atom stereocenters. The van der Waals surface area contributed by atoms with Crippen LogP contribution in [0.15, 0.2) is 30.5 Å². The molecule has 2 N–H and O–H groups in total. The fourth-order valence-corrected chi connectivity index (χ4v) is 2.22. The first-order chi connectivity index (χ1) is 8.67. The zero-order chi connectivity index (χ0) is 13.1. The molecule has 0 radical (unpaired) electrons. The minimum Gasteiger partial charge on any atom is -0.468 e. The summed E-state index contributed by atoms with van der Waals surface area (Å²) < 4.78 is 6.82. The van der Waals surface area contributed by atoms with Crippen molar-refractivity contribution in [1.29, 1.82) is 0 Å². The number of para-hydroxylation sites is 1. The van der Waals surface area contributed by atoms with Crippen LogP contribution in [0.3, 0.4) is 0 Å². The number of methoxy groups -OCH3 is 1. The molecule has 0 amide bonds. The molecule has 5 heteroatoms. The van der Waals surface area contributed by atoms with Gasteiger partial charge in [-0.15, -0.1) is 12.4 Å². The predicted molar refractivity (Wildman–Crippen MR) is 78.6 cm³/mol. The van der Waals surface area contributed by atoms with Crippen LogP contribution < -0.4 is 5.73 Å². The van der Waals surface area contributed by atoms with E-state index in [0.29, 0.717) is 6.42 Å². The first-order valence-electron chi connectivity index (χ1n) is 6.07. The van der Waals surface area contributed by atoms with Gasteiger partial charge in [0, 0.05) is 30.1 Å². The average Bonchev–Trinajstić information content (AvgIpc) is 2.76. The highest BCUT2D eigenvalue weighted by Gasteiger charge is 2.17. The highest BCUT2D eigenvalue weighted by atomic mass is 35.5. The number of nitrogens with two attached hydrogens (primary N) is 1. The second-order valence-electron chi connectivity index (χ2n) is 4.29. The second kappa shape index (κ2) is 6.59. The summed E-state index contributed by atoms with van der Waals surface area (Å²) in [6, 6.07) is 7.53. The summed E-state index contributed by atoms with van der Waals surface area (Å²) in [4.78, 5) is 11.4. The zero-order valence-corrected chi connectivity index (χ0v) is 11.9. The number of benzene rings is 1. The third-order valence-electron chi connectivity index (χ3n) is 3.16. The van der Waals surface area contributed by atoms with Crippen molar-refractivity contribution in [2.45, 2.75) is 25.9 Å². The Labute approximate surface area is 118 Å². The third-order valence-corrected chi connectivity index (χ3v) is 3.16. The van der Waals surface area contributed by atoms with Crippen molar-refractivity contribution in [3.8, 4) is 0 Å². The van der Waals surface area contributed by atoms with Crippen LogP contribution in [0.5, 0.6) is 0 Å². The lowest BCUT2D eigenvalue weighted by molar-refractivity contribution is -0.142. The number of rotatable bonds is 4. The van der Waals surface area contributed by atoms with Gasteiger partial charge in [-0.1, -0.05) is 18.2 Å². The van der Waals surface area contributed by atoms with Crippen LogP contribution in [0.4, 0.5) is 0 Å². The molecule has 4 nitrogen and oxygen atoms in total. The molecule has 1 heterocycles. The average molecular weight is 283 g/mol. The zero-order valence-electron chi connectivity index (χ0n) is 11.1. The van der Waals surface area contributed by atoms with Crippen molar-refractivity contribution in [2.75, 3.05) is 7.11 Å². The minimum absolute atomic E-state index is 0. The normalized spacial score (nSPS) is 11.9. The quantitative estimate of drug-likeness (QED) is 0.874. The van der Waals surface area contributed by atoms with Crippen molar-refractivity contribution in [1.82, 2.24) is 4.57 Å². The van der Waals surface area contributed by atoms with Gasteiger partial charge in [-0.2, -0.15) is 0 Å². The SMILES string of the molecule is CCn1cc(C[C@H](N)C(=O)OC)c2ccccc21.Cl. The molecule has 0 bridgehead atoms. The molecule has 0 saturated carbocycles. The smallest absolute Gasteiger partial charge is 0.322 e. The van der Waals surface area contributed by atoms with Crippen molar-refractivity contribution >= 4 is 29.3 Å². The van der Waals surface area contributed by atoms with Crippen molar-refractivity contribution < 1.29 is 9.53 Å². The van der Waals surface area contributed by atoms with Gasteiger partial charge in [-0.3, -0.25) is 4.79 Å². The van der Waals surface area contributed by atoms with Crippen LogP contribution in [0.1, 0.15) is 12.5 Å². The van der Waals surface area contributed by atoms with E-state index in [-0.39, 0.29) is 18.4 Å². The Kier molecular flexibility index (Phi) is 5.39. The maximum atomic E-state index is 11.4. The molecule has 0 fully saturated rings. The Morgan fingerprint density at radius 2 is 2.11 bits per heavy atom. The number of hydrogen-bond donors (Lipinski definition) is 1.